The van der Waals surface area contributed by atoms with Crippen LogP contribution in [0.15, 0.2) is 54.7 Å². The summed E-state index contributed by atoms with van der Waals surface area (Å²) in [6.07, 6.45) is 1.99. The maximum atomic E-state index is 5.94. The molecule has 0 spiro atoms. The summed E-state index contributed by atoms with van der Waals surface area (Å²) >= 11 is 5.87. The van der Waals surface area contributed by atoms with Gasteiger partial charge in [0.05, 0.1) is 0 Å². The van der Waals surface area contributed by atoms with Crippen molar-refractivity contribution in [3.05, 3.63) is 65.3 Å². The van der Waals surface area contributed by atoms with E-state index in [-0.39, 0.29) is 6.10 Å². The van der Waals surface area contributed by atoms with Gasteiger partial charge in [-0.3, -0.25) is 0 Å². The molecule has 2 aromatic carbocycles. The first-order chi connectivity index (χ1) is 9.24. The van der Waals surface area contributed by atoms with E-state index in [1.807, 2.05) is 49.5 Å². The highest BCUT2D eigenvalue weighted by molar-refractivity contribution is 6.30. The Labute approximate surface area is 117 Å². The van der Waals surface area contributed by atoms with Crippen LogP contribution in [0.2, 0.25) is 5.02 Å². The predicted molar refractivity (Wildman–Crippen MR) is 78.8 cm³/mol. The molecular weight excluding hydrogens is 258 g/mol. The number of aromatic nitrogens is 1. The number of fused-ring (bicyclic) bond motifs is 1. The van der Waals surface area contributed by atoms with Crippen molar-refractivity contribution in [2.75, 3.05) is 0 Å². The molecule has 3 aromatic rings. The van der Waals surface area contributed by atoms with Gasteiger partial charge in [0, 0.05) is 27.7 Å². The summed E-state index contributed by atoms with van der Waals surface area (Å²) in [4.78, 5) is 3.26. The summed E-state index contributed by atoms with van der Waals surface area (Å²) in [6.45, 7) is 2.05. The zero-order valence-electron chi connectivity index (χ0n) is 10.6. The minimum absolute atomic E-state index is 0.0164. The Kier molecular flexibility index (Phi) is 3.18. The highest BCUT2D eigenvalue weighted by Gasteiger charge is 2.12. The van der Waals surface area contributed by atoms with E-state index >= 15 is 0 Å². The van der Waals surface area contributed by atoms with Gasteiger partial charge >= 0.3 is 0 Å². The molecule has 1 aromatic heterocycles. The van der Waals surface area contributed by atoms with Crippen LogP contribution < -0.4 is 4.74 Å². The lowest BCUT2D eigenvalue weighted by Gasteiger charge is -2.14. The standard InChI is InChI=1S/C16H14ClNO/c1-11(19-13-8-6-12(17)7-9-13)15-10-18-16-5-3-2-4-14(15)16/h2-11,18H,1H3. The second kappa shape index (κ2) is 4.98. The first kappa shape index (κ1) is 12.1. The summed E-state index contributed by atoms with van der Waals surface area (Å²) in [5.41, 5.74) is 2.29. The third kappa shape index (κ3) is 2.45. The molecule has 0 aliphatic rings. The number of aromatic amines is 1. The number of rotatable bonds is 3. The smallest absolute Gasteiger partial charge is 0.123 e. The SMILES string of the molecule is CC(Oc1ccc(Cl)cc1)c1c[nH]c2ccccc12. The van der Waals surface area contributed by atoms with Crippen LogP contribution in [0, 0.1) is 0 Å². The largest absolute Gasteiger partial charge is 0.486 e. The molecule has 19 heavy (non-hydrogen) atoms. The van der Waals surface area contributed by atoms with Gasteiger partial charge in [-0.05, 0) is 37.3 Å². The normalized spacial score (nSPS) is 12.5. The number of benzene rings is 2. The molecule has 0 bridgehead atoms. The van der Waals surface area contributed by atoms with E-state index in [1.165, 1.54) is 5.39 Å². The van der Waals surface area contributed by atoms with E-state index in [9.17, 15) is 0 Å². The molecule has 0 aliphatic heterocycles. The molecule has 0 fully saturated rings. The van der Waals surface area contributed by atoms with Gasteiger partial charge in [0.2, 0.25) is 0 Å². The Balaban J connectivity index is 1.87. The number of halogens is 1. The Bertz CT molecular complexity index is 687. The van der Waals surface area contributed by atoms with Crippen LogP contribution in [0.1, 0.15) is 18.6 Å². The zero-order valence-corrected chi connectivity index (χ0v) is 11.3. The highest BCUT2D eigenvalue weighted by Crippen LogP contribution is 2.28. The number of hydrogen-bond acceptors (Lipinski definition) is 1. The topological polar surface area (TPSA) is 25.0 Å². The van der Waals surface area contributed by atoms with Crippen LogP contribution in [0.5, 0.6) is 5.75 Å². The van der Waals surface area contributed by atoms with Gasteiger partial charge in [0.15, 0.2) is 0 Å². The second-order valence-corrected chi connectivity index (χ2v) is 4.94. The lowest BCUT2D eigenvalue weighted by Crippen LogP contribution is -2.02. The van der Waals surface area contributed by atoms with Crippen molar-refractivity contribution in [2.24, 2.45) is 0 Å². The van der Waals surface area contributed by atoms with Crippen LogP contribution in [0.4, 0.5) is 0 Å². The summed E-state index contributed by atoms with van der Waals surface area (Å²) in [5.74, 6) is 0.821. The van der Waals surface area contributed by atoms with Crippen LogP contribution in [0.3, 0.4) is 0 Å². The van der Waals surface area contributed by atoms with Crippen molar-refractivity contribution in [1.29, 1.82) is 0 Å². The van der Waals surface area contributed by atoms with Gasteiger partial charge in [-0.1, -0.05) is 29.8 Å². The van der Waals surface area contributed by atoms with Crippen LogP contribution in [-0.2, 0) is 0 Å². The number of nitrogens with one attached hydrogen (secondary N) is 1. The molecule has 0 saturated heterocycles. The Morgan fingerprint density at radius 3 is 2.58 bits per heavy atom. The molecule has 0 amide bonds. The van der Waals surface area contributed by atoms with Crippen molar-refractivity contribution in [2.45, 2.75) is 13.0 Å². The number of ether oxygens (including phenoxy) is 1. The molecule has 2 nitrogen and oxygen atoms in total. The van der Waals surface area contributed by atoms with Crippen molar-refractivity contribution < 1.29 is 4.74 Å². The summed E-state index contributed by atoms with van der Waals surface area (Å²) in [6, 6.07) is 15.7. The summed E-state index contributed by atoms with van der Waals surface area (Å²) < 4.78 is 5.94. The molecule has 1 atom stereocenters. The Morgan fingerprint density at radius 1 is 1.05 bits per heavy atom. The van der Waals surface area contributed by atoms with E-state index in [0.717, 1.165) is 16.8 Å². The number of H-pyrrole nitrogens is 1. The van der Waals surface area contributed by atoms with Crippen molar-refractivity contribution >= 4 is 22.5 Å². The van der Waals surface area contributed by atoms with Gasteiger partial charge in [-0.15, -0.1) is 0 Å². The molecule has 0 saturated carbocycles. The Hall–Kier alpha value is -1.93. The van der Waals surface area contributed by atoms with Gasteiger partial charge in [0.25, 0.3) is 0 Å². The zero-order chi connectivity index (χ0) is 13.2. The number of hydrogen-bond donors (Lipinski definition) is 1. The van der Waals surface area contributed by atoms with Crippen molar-refractivity contribution in [3.63, 3.8) is 0 Å². The van der Waals surface area contributed by atoms with E-state index < -0.39 is 0 Å². The van der Waals surface area contributed by atoms with Gasteiger partial charge in [-0.2, -0.15) is 0 Å². The number of para-hydroxylation sites is 1. The lowest BCUT2D eigenvalue weighted by atomic mass is 10.1. The first-order valence-electron chi connectivity index (χ1n) is 6.22. The van der Waals surface area contributed by atoms with Gasteiger partial charge < -0.3 is 9.72 Å². The fourth-order valence-corrected chi connectivity index (χ4v) is 2.34. The molecular formula is C16H14ClNO. The molecule has 3 heteroatoms. The van der Waals surface area contributed by atoms with Crippen LogP contribution in [-0.4, -0.2) is 4.98 Å². The van der Waals surface area contributed by atoms with E-state index in [4.69, 9.17) is 16.3 Å². The fraction of sp³-hybridized carbons (Fsp3) is 0.125. The molecule has 0 aliphatic carbocycles. The third-order valence-electron chi connectivity index (χ3n) is 3.19. The molecule has 1 unspecified atom stereocenters. The molecule has 1 N–H and O–H groups in total. The average molecular weight is 272 g/mol. The minimum Gasteiger partial charge on any atom is -0.486 e. The molecule has 96 valence electrons. The van der Waals surface area contributed by atoms with Gasteiger partial charge in [0.1, 0.15) is 11.9 Å². The van der Waals surface area contributed by atoms with Crippen molar-refractivity contribution in [3.8, 4) is 5.75 Å². The second-order valence-electron chi connectivity index (χ2n) is 4.50. The van der Waals surface area contributed by atoms with Crippen LogP contribution >= 0.6 is 11.6 Å². The third-order valence-corrected chi connectivity index (χ3v) is 3.44. The van der Waals surface area contributed by atoms with E-state index in [2.05, 4.69) is 17.1 Å². The molecule has 0 radical (unpaired) electrons. The molecule has 3 rings (SSSR count). The van der Waals surface area contributed by atoms with Crippen LogP contribution in [0.25, 0.3) is 10.9 Å². The lowest BCUT2D eigenvalue weighted by molar-refractivity contribution is 0.228. The van der Waals surface area contributed by atoms with Gasteiger partial charge in [-0.25, -0.2) is 0 Å². The van der Waals surface area contributed by atoms with E-state index in [0.29, 0.717) is 5.02 Å². The minimum atomic E-state index is -0.0164. The maximum absolute atomic E-state index is 5.94. The fourth-order valence-electron chi connectivity index (χ4n) is 2.21. The summed E-state index contributed by atoms with van der Waals surface area (Å²) in [7, 11) is 0. The average Bonchev–Trinajstić information content (AvgIpc) is 2.85. The first-order valence-corrected chi connectivity index (χ1v) is 6.60. The summed E-state index contributed by atoms with van der Waals surface area (Å²) in [5, 5.41) is 1.91. The Morgan fingerprint density at radius 2 is 1.79 bits per heavy atom. The van der Waals surface area contributed by atoms with E-state index in [1.54, 1.807) is 0 Å². The quantitative estimate of drug-likeness (QED) is 0.715. The molecule has 1 heterocycles. The van der Waals surface area contributed by atoms with Crippen molar-refractivity contribution in [1.82, 2.24) is 4.98 Å². The monoisotopic (exact) mass is 271 g/mol. The maximum Gasteiger partial charge on any atom is 0.123 e. The highest BCUT2D eigenvalue weighted by atomic mass is 35.5. The predicted octanol–water partition coefficient (Wildman–Crippen LogP) is 4.96.